The second kappa shape index (κ2) is 9.47. The van der Waals surface area contributed by atoms with E-state index in [1.54, 1.807) is 26.3 Å². The predicted molar refractivity (Wildman–Crippen MR) is 115 cm³/mol. The van der Waals surface area contributed by atoms with Crippen molar-refractivity contribution in [1.82, 2.24) is 4.90 Å². The van der Waals surface area contributed by atoms with E-state index in [4.69, 9.17) is 9.47 Å². The van der Waals surface area contributed by atoms with Crippen LogP contribution in [0.2, 0.25) is 0 Å². The van der Waals surface area contributed by atoms with E-state index in [0.717, 1.165) is 5.75 Å². The Hall–Kier alpha value is -3.00. The van der Waals surface area contributed by atoms with Gasteiger partial charge in [-0.1, -0.05) is 23.9 Å². The third-order valence-electron chi connectivity index (χ3n) is 4.30. The molecule has 7 nitrogen and oxygen atoms in total. The van der Waals surface area contributed by atoms with Crippen molar-refractivity contribution in [2.75, 3.05) is 26.1 Å². The van der Waals surface area contributed by atoms with Gasteiger partial charge in [0.05, 0.1) is 25.1 Å². The van der Waals surface area contributed by atoms with Crippen LogP contribution in [0.1, 0.15) is 13.3 Å². The Balaban J connectivity index is 1.76. The van der Waals surface area contributed by atoms with Crippen molar-refractivity contribution in [3.63, 3.8) is 0 Å². The summed E-state index contributed by atoms with van der Waals surface area (Å²) in [6.45, 7) is 2.51. The number of nitrogens with zero attached hydrogens (tertiary/aromatic N) is 2. The van der Waals surface area contributed by atoms with Gasteiger partial charge >= 0.3 is 0 Å². The Kier molecular flexibility index (Phi) is 6.77. The largest absolute Gasteiger partial charge is 0.495 e. The van der Waals surface area contributed by atoms with Crippen LogP contribution in [-0.2, 0) is 9.59 Å². The lowest BCUT2D eigenvalue weighted by Gasteiger charge is -2.29. The van der Waals surface area contributed by atoms with Crippen molar-refractivity contribution in [1.29, 1.82) is 0 Å². The Bertz CT molecular complexity index is 914. The summed E-state index contributed by atoms with van der Waals surface area (Å²) in [6, 6.07) is 14.4. The number of nitrogens with one attached hydrogen (secondary N) is 1. The Labute approximate surface area is 174 Å². The molecular formula is C21H23N3O4S. The first kappa shape index (κ1) is 20.7. The molecule has 1 unspecified atom stereocenters. The maximum Gasteiger partial charge on any atom is 0.238 e. The molecule has 0 spiro atoms. The number of hydrogen-bond acceptors (Lipinski definition) is 6. The van der Waals surface area contributed by atoms with Crippen molar-refractivity contribution >= 4 is 40.1 Å². The van der Waals surface area contributed by atoms with Crippen molar-refractivity contribution in [3.8, 4) is 11.5 Å². The second-order valence-electron chi connectivity index (χ2n) is 6.27. The van der Waals surface area contributed by atoms with Gasteiger partial charge in [0.1, 0.15) is 16.7 Å². The summed E-state index contributed by atoms with van der Waals surface area (Å²) >= 11 is 1.26. The van der Waals surface area contributed by atoms with Crippen LogP contribution in [0.4, 0.5) is 11.4 Å². The van der Waals surface area contributed by atoms with E-state index in [1.165, 1.54) is 16.7 Å². The van der Waals surface area contributed by atoms with Gasteiger partial charge < -0.3 is 14.8 Å². The highest BCUT2D eigenvalue weighted by Gasteiger charge is 2.34. The summed E-state index contributed by atoms with van der Waals surface area (Å²) in [7, 11) is 3.21. The number of hydrogen-bond donors (Lipinski definition) is 1. The smallest absolute Gasteiger partial charge is 0.238 e. The number of amides is 2. The highest BCUT2D eigenvalue weighted by Crippen LogP contribution is 2.31. The molecule has 3 rings (SSSR count). The topological polar surface area (TPSA) is 80.2 Å². The molecular weight excluding hydrogens is 390 g/mol. The molecule has 0 radical (unpaired) electrons. The molecule has 1 fully saturated rings. The molecule has 2 aromatic rings. The zero-order valence-electron chi connectivity index (χ0n) is 16.5. The first-order chi connectivity index (χ1) is 14.0. The van der Waals surface area contributed by atoms with Gasteiger partial charge in [0.25, 0.3) is 0 Å². The minimum atomic E-state index is -0.579. The molecule has 0 saturated carbocycles. The summed E-state index contributed by atoms with van der Waals surface area (Å²) < 4.78 is 10.7. The molecule has 1 N–H and O–H groups in total. The Morgan fingerprint density at radius 1 is 1.24 bits per heavy atom. The lowest BCUT2D eigenvalue weighted by Crippen LogP contribution is -2.43. The highest BCUT2D eigenvalue weighted by atomic mass is 32.2. The first-order valence-corrected chi connectivity index (χ1v) is 10.1. The molecule has 0 bridgehead atoms. The fourth-order valence-corrected chi connectivity index (χ4v) is 3.82. The first-order valence-electron chi connectivity index (χ1n) is 9.20. The number of amidine groups is 1. The number of anilines is 1. The van der Waals surface area contributed by atoms with Crippen LogP contribution >= 0.6 is 11.8 Å². The number of para-hydroxylation sites is 2. The minimum absolute atomic E-state index is 0.102. The molecule has 0 aromatic heterocycles. The highest BCUT2D eigenvalue weighted by molar-refractivity contribution is 8.15. The van der Waals surface area contributed by atoms with Crippen LogP contribution in [0.3, 0.4) is 0 Å². The van der Waals surface area contributed by atoms with Gasteiger partial charge in [-0.3, -0.25) is 14.5 Å². The zero-order chi connectivity index (χ0) is 20.8. The lowest BCUT2D eigenvalue weighted by atomic mass is 10.2. The molecule has 152 valence electrons. The number of ether oxygens (including phenoxy) is 2. The van der Waals surface area contributed by atoms with Crippen LogP contribution < -0.4 is 14.8 Å². The summed E-state index contributed by atoms with van der Waals surface area (Å²) in [4.78, 5) is 31.2. The third-order valence-corrected chi connectivity index (χ3v) is 5.54. The lowest BCUT2D eigenvalue weighted by molar-refractivity contribution is -0.128. The third kappa shape index (κ3) is 5.08. The number of aliphatic imine (C=N–C) groups is 1. The van der Waals surface area contributed by atoms with Gasteiger partial charge in [0.2, 0.25) is 11.8 Å². The predicted octanol–water partition coefficient (Wildman–Crippen LogP) is 3.68. The van der Waals surface area contributed by atoms with Crippen molar-refractivity contribution in [2.45, 2.75) is 18.6 Å². The molecule has 1 atom stereocenters. The zero-order valence-corrected chi connectivity index (χ0v) is 17.4. The van der Waals surface area contributed by atoms with E-state index in [-0.39, 0.29) is 18.2 Å². The van der Waals surface area contributed by atoms with E-state index < -0.39 is 5.25 Å². The minimum Gasteiger partial charge on any atom is -0.495 e. The van der Waals surface area contributed by atoms with E-state index in [0.29, 0.717) is 28.9 Å². The average Bonchev–Trinajstić information content (AvgIpc) is 2.73. The fourth-order valence-electron chi connectivity index (χ4n) is 2.75. The average molecular weight is 413 g/mol. The quantitative estimate of drug-likeness (QED) is 0.781. The molecule has 29 heavy (non-hydrogen) atoms. The number of rotatable bonds is 6. The number of benzene rings is 2. The molecule has 8 heteroatoms. The molecule has 1 heterocycles. The van der Waals surface area contributed by atoms with Gasteiger partial charge in [-0.15, -0.1) is 0 Å². The Morgan fingerprint density at radius 2 is 1.97 bits per heavy atom. The fraction of sp³-hybridized carbons (Fsp3) is 0.286. The summed E-state index contributed by atoms with van der Waals surface area (Å²) in [6.07, 6.45) is 0.102. The van der Waals surface area contributed by atoms with E-state index in [1.807, 2.05) is 43.3 Å². The van der Waals surface area contributed by atoms with Gasteiger partial charge in [-0.05, 0) is 43.3 Å². The van der Waals surface area contributed by atoms with E-state index >= 15 is 0 Å². The van der Waals surface area contributed by atoms with Crippen LogP contribution in [0, 0.1) is 0 Å². The van der Waals surface area contributed by atoms with Crippen molar-refractivity contribution in [2.24, 2.45) is 4.99 Å². The van der Waals surface area contributed by atoms with Crippen molar-refractivity contribution < 1.29 is 19.1 Å². The van der Waals surface area contributed by atoms with Crippen LogP contribution in [0.5, 0.6) is 11.5 Å². The normalized spacial score (nSPS) is 17.9. The maximum absolute atomic E-state index is 12.8. The molecule has 1 saturated heterocycles. The maximum atomic E-state index is 12.8. The Morgan fingerprint density at radius 3 is 2.66 bits per heavy atom. The number of methoxy groups -OCH3 is 1. The SMILES string of the molecule is CCOc1ccc(N=C2SC(C(=O)Nc3ccccc3OC)CC(=O)N2C)cc1. The van der Waals surface area contributed by atoms with Crippen LogP contribution in [0.15, 0.2) is 53.5 Å². The standard InChI is InChI=1S/C21H23N3O4S/c1-4-28-15-11-9-14(10-12-15)22-21-24(2)19(25)13-18(29-21)20(26)23-16-7-5-6-8-17(16)27-3/h5-12,18H,4,13H2,1-3H3,(H,23,26). The van der Waals surface area contributed by atoms with Crippen LogP contribution in [-0.4, -0.2) is 47.9 Å². The molecule has 1 aliphatic heterocycles. The summed E-state index contributed by atoms with van der Waals surface area (Å²) in [5, 5.41) is 2.74. The summed E-state index contributed by atoms with van der Waals surface area (Å²) in [5.74, 6) is 0.897. The van der Waals surface area contributed by atoms with E-state index in [9.17, 15) is 9.59 Å². The van der Waals surface area contributed by atoms with Gasteiger partial charge in [0.15, 0.2) is 5.17 Å². The number of thioether (sulfide) groups is 1. The van der Waals surface area contributed by atoms with Gasteiger partial charge in [0, 0.05) is 13.5 Å². The van der Waals surface area contributed by atoms with Crippen molar-refractivity contribution in [3.05, 3.63) is 48.5 Å². The second-order valence-corrected chi connectivity index (χ2v) is 7.44. The van der Waals surface area contributed by atoms with Gasteiger partial charge in [-0.2, -0.15) is 0 Å². The summed E-state index contributed by atoms with van der Waals surface area (Å²) in [5.41, 5.74) is 1.25. The molecule has 0 aliphatic carbocycles. The molecule has 1 aliphatic rings. The monoisotopic (exact) mass is 413 g/mol. The molecule has 2 aromatic carbocycles. The molecule has 2 amide bonds. The van der Waals surface area contributed by atoms with Gasteiger partial charge in [-0.25, -0.2) is 4.99 Å². The number of carbonyl (C=O) groups excluding carboxylic acids is 2. The number of carbonyl (C=O) groups is 2. The van der Waals surface area contributed by atoms with Crippen LogP contribution in [0.25, 0.3) is 0 Å². The van der Waals surface area contributed by atoms with E-state index in [2.05, 4.69) is 10.3 Å².